The molecule has 0 saturated carbocycles. The number of hydrogen-bond donors (Lipinski definition) is 3. The van der Waals surface area contributed by atoms with Crippen LogP contribution < -0.4 is 15.5 Å². The Morgan fingerprint density at radius 1 is 1.15 bits per heavy atom. The molecule has 3 aromatic rings. The summed E-state index contributed by atoms with van der Waals surface area (Å²) < 4.78 is 36.8. The highest BCUT2D eigenvalue weighted by molar-refractivity contribution is 7.93. The van der Waals surface area contributed by atoms with Crippen molar-refractivity contribution in [2.45, 2.75) is 28.9 Å². The lowest BCUT2D eigenvalue weighted by atomic mass is 9.98. The molecule has 4 rings (SSSR count). The first kappa shape index (κ1) is 23.4. The highest BCUT2D eigenvalue weighted by Gasteiger charge is 2.52. The highest BCUT2D eigenvalue weighted by Crippen LogP contribution is 2.35. The molecular weight excluding hydrogens is 466 g/mol. The SMILES string of the molecule is O=C(NO)C1(S(=O)(=O)c2ccc(OCCCNc3nc4ccccc4s3)cc2)CCOCC1. The van der Waals surface area contributed by atoms with Gasteiger partial charge in [0.05, 0.1) is 21.7 Å². The van der Waals surface area contributed by atoms with Crippen LogP contribution in [0.25, 0.3) is 10.2 Å². The first-order valence-electron chi connectivity index (χ1n) is 10.6. The average Bonchev–Trinajstić information content (AvgIpc) is 3.27. The standard InChI is InChI=1S/C22H25N3O6S2/c26-20(25-27)22(10-14-30-15-11-22)33(28,29)17-8-6-16(7-9-17)31-13-3-12-23-21-24-18-4-1-2-5-19(18)32-21/h1-2,4-9,27H,3,10-15H2,(H,23,24)(H,25,26). The number of thiazole rings is 1. The summed E-state index contributed by atoms with van der Waals surface area (Å²) in [4.78, 5) is 16.8. The molecule has 0 atom stereocenters. The Kier molecular flexibility index (Phi) is 7.13. The number of nitrogens with zero attached hydrogens (tertiary/aromatic N) is 1. The molecule has 0 aliphatic carbocycles. The molecule has 0 radical (unpaired) electrons. The number of aromatic nitrogens is 1. The van der Waals surface area contributed by atoms with Crippen LogP contribution >= 0.6 is 11.3 Å². The third-order valence-electron chi connectivity index (χ3n) is 5.62. The van der Waals surface area contributed by atoms with E-state index in [9.17, 15) is 13.2 Å². The molecular formula is C22H25N3O6S2. The van der Waals surface area contributed by atoms with Crippen LogP contribution in [0.4, 0.5) is 5.13 Å². The zero-order valence-corrected chi connectivity index (χ0v) is 19.5. The molecule has 9 nitrogen and oxygen atoms in total. The number of fused-ring (bicyclic) bond motifs is 1. The van der Waals surface area contributed by atoms with Crippen LogP contribution in [0.5, 0.6) is 5.75 Å². The van der Waals surface area contributed by atoms with E-state index in [0.717, 1.165) is 21.8 Å². The number of anilines is 1. The van der Waals surface area contributed by atoms with Gasteiger partial charge in [-0.3, -0.25) is 10.0 Å². The second-order valence-electron chi connectivity index (χ2n) is 7.64. The number of hydroxylamine groups is 1. The number of amides is 1. The third-order valence-corrected chi connectivity index (χ3v) is 9.13. The monoisotopic (exact) mass is 491 g/mol. The molecule has 2 heterocycles. The van der Waals surface area contributed by atoms with Crippen molar-refractivity contribution >= 4 is 42.4 Å². The van der Waals surface area contributed by atoms with Crippen LogP contribution in [0.15, 0.2) is 53.4 Å². The lowest BCUT2D eigenvalue weighted by Crippen LogP contribution is -2.54. The number of carbonyl (C=O) groups excluding carboxylic acids is 1. The van der Waals surface area contributed by atoms with E-state index in [1.165, 1.54) is 17.6 Å². The topological polar surface area (TPSA) is 127 Å². The van der Waals surface area contributed by atoms with Crippen molar-refractivity contribution in [3.63, 3.8) is 0 Å². The van der Waals surface area contributed by atoms with Crippen molar-refractivity contribution in [3.05, 3.63) is 48.5 Å². The van der Waals surface area contributed by atoms with Crippen LogP contribution in [0.1, 0.15) is 19.3 Å². The lowest BCUT2D eigenvalue weighted by Gasteiger charge is -2.34. The predicted octanol–water partition coefficient (Wildman–Crippen LogP) is 3.01. The Morgan fingerprint density at radius 2 is 1.88 bits per heavy atom. The molecule has 11 heteroatoms. The molecule has 176 valence electrons. The lowest BCUT2D eigenvalue weighted by molar-refractivity contribution is -0.134. The van der Waals surface area contributed by atoms with Gasteiger partial charge in [-0.2, -0.15) is 0 Å². The smallest absolute Gasteiger partial charge is 0.265 e. The van der Waals surface area contributed by atoms with Crippen molar-refractivity contribution < 1.29 is 27.9 Å². The summed E-state index contributed by atoms with van der Waals surface area (Å²) >= 11 is 1.60. The van der Waals surface area contributed by atoms with Crippen LogP contribution in [-0.4, -0.2) is 55.6 Å². The van der Waals surface area contributed by atoms with E-state index in [2.05, 4.69) is 10.3 Å². The first-order valence-corrected chi connectivity index (χ1v) is 12.9. The van der Waals surface area contributed by atoms with Crippen LogP contribution in [0, 0.1) is 0 Å². The van der Waals surface area contributed by atoms with Gasteiger partial charge in [0.1, 0.15) is 5.75 Å². The van der Waals surface area contributed by atoms with E-state index in [-0.39, 0.29) is 31.0 Å². The molecule has 2 aromatic carbocycles. The Balaban J connectivity index is 1.32. The Hall–Kier alpha value is -2.73. The van der Waals surface area contributed by atoms with Gasteiger partial charge < -0.3 is 14.8 Å². The molecule has 1 aromatic heterocycles. The van der Waals surface area contributed by atoms with Crippen LogP contribution in [0.3, 0.4) is 0 Å². The highest BCUT2D eigenvalue weighted by atomic mass is 32.2. The molecule has 33 heavy (non-hydrogen) atoms. The largest absolute Gasteiger partial charge is 0.494 e. The Bertz CT molecular complexity index is 1170. The maximum atomic E-state index is 13.2. The molecule has 1 amide bonds. The zero-order valence-electron chi connectivity index (χ0n) is 17.8. The summed E-state index contributed by atoms with van der Waals surface area (Å²) in [5.41, 5.74) is 2.48. The first-order chi connectivity index (χ1) is 16.0. The fourth-order valence-corrected chi connectivity index (χ4v) is 6.60. The fraction of sp³-hybridized carbons (Fsp3) is 0.364. The molecule has 1 saturated heterocycles. The number of nitrogens with one attached hydrogen (secondary N) is 2. The summed E-state index contributed by atoms with van der Waals surface area (Å²) in [5, 5.41) is 13.3. The van der Waals surface area contributed by atoms with Gasteiger partial charge in [0.25, 0.3) is 5.91 Å². The van der Waals surface area contributed by atoms with Gasteiger partial charge in [-0.25, -0.2) is 18.9 Å². The molecule has 1 fully saturated rings. The molecule has 3 N–H and O–H groups in total. The van der Waals surface area contributed by atoms with Crippen molar-refractivity contribution in [2.75, 3.05) is 31.7 Å². The summed E-state index contributed by atoms with van der Waals surface area (Å²) in [6, 6.07) is 13.9. The summed E-state index contributed by atoms with van der Waals surface area (Å²) in [7, 11) is -4.05. The van der Waals surface area contributed by atoms with Gasteiger partial charge in [-0.05, 0) is 55.7 Å². The third kappa shape index (κ3) is 4.81. The quantitative estimate of drug-likeness (QED) is 0.237. The van der Waals surface area contributed by atoms with E-state index in [1.54, 1.807) is 23.5 Å². The number of para-hydroxylation sites is 1. The van der Waals surface area contributed by atoms with E-state index < -0.39 is 20.5 Å². The summed E-state index contributed by atoms with van der Waals surface area (Å²) in [5.74, 6) is -0.409. The van der Waals surface area contributed by atoms with Gasteiger partial charge >= 0.3 is 0 Å². The van der Waals surface area contributed by atoms with Gasteiger partial charge in [-0.15, -0.1) is 0 Å². The maximum Gasteiger partial charge on any atom is 0.265 e. The second-order valence-corrected chi connectivity index (χ2v) is 10.9. The van der Waals surface area contributed by atoms with Crippen molar-refractivity contribution in [1.29, 1.82) is 0 Å². The van der Waals surface area contributed by atoms with Crippen LogP contribution in [-0.2, 0) is 19.4 Å². The molecule has 1 aliphatic rings. The van der Waals surface area contributed by atoms with Gasteiger partial charge in [0, 0.05) is 19.8 Å². The van der Waals surface area contributed by atoms with Crippen molar-refractivity contribution in [1.82, 2.24) is 10.5 Å². The van der Waals surface area contributed by atoms with Gasteiger partial charge in [0.2, 0.25) is 0 Å². The van der Waals surface area contributed by atoms with Gasteiger partial charge in [0.15, 0.2) is 19.7 Å². The molecule has 0 unspecified atom stereocenters. The maximum absolute atomic E-state index is 13.2. The second kappa shape index (κ2) is 10.0. The summed E-state index contributed by atoms with van der Waals surface area (Å²) in [6.45, 7) is 1.38. The minimum absolute atomic E-state index is 0.00199. The number of sulfone groups is 1. The van der Waals surface area contributed by atoms with Crippen LogP contribution in [0.2, 0.25) is 0 Å². The summed E-state index contributed by atoms with van der Waals surface area (Å²) in [6.07, 6.45) is 0.680. The molecule has 0 spiro atoms. The Labute approximate surface area is 195 Å². The fourth-order valence-electron chi connectivity index (χ4n) is 3.77. The number of rotatable bonds is 9. The van der Waals surface area contributed by atoms with Crippen molar-refractivity contribution in [3.8, 4) is 5.75 Å². The van der Waals surface area contributed by atoms with E-state index >= 15 is 0 Å². The average molecular weight is 492 g/mol. The number of ether oxygens (including phenoxy) is 2. The normalized spacial score (nSPS) is 15.8. The van der Waals surface area contributed by atoms with Crippen molar-refractivity contribution in [2.24, 2.45) is 0 Å². The zero-order chi connectivity index (χ0) is 23.3. The number of benzene rings is 2. The van der Waals surface area contributed by atoms with E-state index in [1.807, 2.05) is 24.3 Å². The minimum atomic E-state index is -4.05. The molecule has 0 bridgehead atoms. The number of carbonyl (C=O) groups is 1. The Morgan fingerprint density at radius 3 is 2.58 bits per heavy atom. The van der Waals surface area contributed by atoms with E-state index in [4.69, 9.17) is 14.7 Å². The number of hydrogen-bond acceptors (Lipinski definition) is 9. The molecule has 1 aliphatic heterocycles. The van der Waals surface area contributed by atoms with Gasteiger partial charge in [-0.1, -0.05) is 23.5 Å². The predicted molar refractivity (Wildman–Crippen MR) is 125 cm³/mol. The minimum Gasteiger partial charge on any atom is -0.494 e. The van der Waals surface area contributed by atoms with E-state index in [0.29, 0.717) is 18.9 Å².